The van der Waals surface area contributed by atoms with Crippen LogP contribution in [0.25, 0.3) is 22.6 Å². The fourth-order valence-electron chi connectivity index (χ4n) is 2.51. The van der Waals surface area contributed by atoms with E-state index in [2.05, 4.69) is 48.5 Å². The summed E-state index contributed by atoms with van der Waals surface area (Å²) >= 11 is 0. The van der Waals surface area contributed by atoms with Crippen molar-refractivity contribution in [3.63, 3.8) is 0 Å². The monoisotopic (exact) mass is 267 g/mol. The van der Waals surface area contributed by atoms with E-state index in [0.717, 1.165) is 35.6 Å². The number of nitrogens with zero attached hydrogens (tertiary/aromatic N) is 2. The second-order valence-electron chi connectivity index (χ2n) is 5.01. The molecular weight excluding hydrogens is 248 g/mol. The molecule has 1 heterocycles. The molecule has 3 nitrogen and oxygen atoms in total. The molecule has 1 aromatic carbocycles. The fraction of sp³-hybridized carbons (Fsp3) is 0.294. The summed E-state index contributed by atoms with van der Waals surface area (Å²) in [4.78, 5) is 4.66. The molecule has 1 aliphatic carbocycles. The van der Waals surface area contributed by atoms with Gasteiger partial charge in [0.1, 0.15) is 24.3 Å². The van der Waals surface area contributed by atoms with E-state index in [1.54, 1.807) is 0 Å². The number of benzene rings is 2. The van der Waals surface area contributed by atoms with E-state index in [9.17, 15) is 0 Å². The first-order valence-electron chi connectivity index (χ1n) is 7.10. The van der Waals surface area contributed by atoms with Crippen LogP contribution in [0, 0.1) is 6.92 Å². The number of aryl methyl sites for hydroxylation is 1. The van der Waals surface area contributed by atoms with Crippen molar-refractivity contribution in [2.24, 2.45) is 0 Å². The van der Waals surface area contributed by atoms with Crippen LogP contribution >= 0.6 is 0 Å². The fourth-order valence-corrected chi connectivity index (χ4v) is 2.51. The first-order chi connectivity index (χ1) is 9.71. The van der Waals surface area contributed by atoms with E-state index >= 15 is 0 Å². The van der Waals surface area contributed by atoms with Crippen LogP contribution in [0.2, 0.25) is 0 Å². The first-order valence-corrected chi connectivity index (χ1v) is 7.10. The molecule has 2 aliphatic rings. The van der Waals surface area contributed by atoms with Crippen LogP contribution < -0.4 is 9.93 Å². The molecule has 0 fully saturated rings. The highest BCUT2D eigenvalue weighted by Crippen LogP contribution is 2.23. The van der Waals surface area contributed by atoms with Gasteiger partial charge in [0.2, 0.25) is 5.36 Å². The molecule has 0 saturated heterocycles. The van der Waals surface area contributed by atoms with Gasteiger partial charge >= 0.3 is 0 Å². The van der Waals surface area contributed by atoms with Crippen LogP contribution in [0.1, 0.15) is 19.4 Å². The Kier molecular flexibility index (Phi) is 3.26. The molecule has 0 atom stereocenters. The summed E-state index contributed by atoms with van der Waals surface area (Å²) in [5.41, 5.74) is 3.83. The van der Waals surface area contributed by atoms with E-state index in [0.29, 0.717) is 0 Å². The van der Waals surface area contributed by atoms with Crippen LogP contribution in [0.4, 0.5) is 0 Å². The van der Waals surface area contributed by atoms with Gasteiger partial charge in [0.15, 0.2) is 11.3 Å². The molecule has 0 bridgehead atoms. The van der Waals surface area contributed by atoms with Crippen molar-refractivity contribution in [3.05, 3.63) is 47.3 Å². The van der Waals surface area contributed by atoms with E-state index in [4.69, 9.17) is 4.42 Å². The second kappa shape index (κ2) is 5.08. The third-order valence-electron chi connectivity index (χ3n) is 3.65. The summed E-state index contributed by atoms with van der Waals surface area (Å²) in [5, 5.41) is 1.18. The predicted octanol–water partition coefficient (Wildman–Crippen LogP) is 3.05. The summed E-state index contributed by atoms with van der Waals surface area (Å²) < 4.78 is 8.32. The third kappa shape index (κ3) is 2.20. The van der Waals surface area contributed by atoms with Gasteiger partial charge in [-0.2, -0.15) is 0 Å². The summed E-state index contributed by atoms with van der Waals surface area (Å²) in [7, 11) is 0. The van der Waals surface area contributed by atoms with Gasteiger partial charge in [-0.1, -0.05) is 6.07 Å². The Bertz CT molecular complexity index is 796. The number of aromatic nitrogens is 1. The Morgan fingerprint density at radius 1 is 1.05 bits per heavy atom. The van der Waals surface area contributed by atoms with E-state index < -0.39 is 0 Å². The molecule has 102 valence electrons. The van der Waals surface area contributed by atoms with Crippen molar-refractivity contribution in [3.8, 4) is 11.5 Å². The van der Waals surface area contributed by atoms with Crippen molar-refractivity contribution in [2.45, 2.75) is 20.8 Å². The minimum absolute atomic E-state index is 0.840. The zero-order valence-electron chi connectivity index (χ0n) is 12.2. The highest BCUT2D eigenvalue weighted by molar-refractivity contribution is 5.76. The Hall–Kier alpha value is -2.16. The van der Waals surface area contributed by atoms with Gasteiger partial charge in [-0.3, -0.25) is 0 Å². The lowest BCUT2D eigenvalue weighted by atomic mass is 10.2. The molecule has 1 aromatic rings. The predicted molar refractivity (Wildman–Crippen MR) is 81.7 cm³/mol. The molecule has 0 spiro atoms. The van der Waals surface area contributed by atoms with Gasteiger partial charge in [-0.25, -0.2) is 9.56 Å². The average Bonchev–Trinajstić information content (AvgIpc) is 2.46. The second-order valence-corrected chi connectivity index (χ2v) is 5.01. The summed E-state index contributed by atoms with van der Waals surface area (Å²) in [5.74, 6) is 0.840. The van der Waals surface area contributed by atoms with Crippen molar-refractivity contribution in [1.82, 2.24) is 9.56 Å². The van der Waals surface area contributed by atoms with E-state index in [1.807, 2.05) is 18.2 Å². The summed E-state index contributed by atoms with van der Waals surface area (Å²) in [6, 6.07) is 12.3. The normalized spacial score (nSPS) is 11.2. The molecular formula is C17H19N2O+. The van der Waals surface area contributed by atoms with Crippen LogP contribution in [0.5, 0.6) is 0 Å². The lowest BCUT2D eigenvalue weighted by Gasteiger charge is -2.06. The van der Waals surface area contributed by atoms with Gasteiger partial charge in [0, 0.05) is 6.07 Å². The topological polar surface area (TPSA) is 29.0 Å². The maximum atomic E-state index is 6.02. The van der Waals surface area contributed by atoms with Crippen molar-refractivity contribution >= 4 is 11.1 Å². The van der Waals surface area contributed by atoms with Crippen molar-refractivity contribution < 1.29 is 4.42 Å². The lowest BCUT2D eigenvalue weighted by Crippen LogP contribution is -2.29. The molecule has 0 saturated carbocycles. The Balaban J connectivity index is 2.32. The number of fused-ring (bicyclic) bond motifs is 2. The van der Waals surface area contributed by atoms with Gasteiger partial charge in [0.05, 0.1) is 6.07 Å². The third-order valence-corrected chi connectivity index (χ3v) is 3.65. The summed E-state index contributed by atoms with van der Waals surface area (Å²) in [6.45, 7) is 8.36. The smallest absolute Gasteiger partial charge is 0.203 e. The molecule has 1 aliphatic heterocycles. The highest BCUT2D eigenvalue weighted by atomic mass is 16.3. The van der Waals surface area contributed by atoms with Crippen molar-refractivity contribution in [1.29, 1.82) is 0 Å². The van der Waals surface area contributed by atoms with E-state index in [1.165, 1.54) is 10.9 Å². The van der Waals surface area contributed by atoms with Gasteiger partial charge < -0.3 is 4.42 Å². The molecule has 3 heteroatoms. The largest absolute Gasteiger partial charge is 0.453 e. The molecule has 0 radical (unpaired) electrons. The lowest BCUT2D eigenvalue weighted by molar-refractivity contribution is 0.600. The minimum atomic E-state index is 0.840. The molecule has 0 amide bonds. The number of rotatable bonds is 2. The highest BCUT2D eigenvalue weighted by Gasteiger charge is 2.11. The van der Waals surface area contributed by atoms with Gasteiger partial charge in [0.25, 0.3) is 0 Å². The molecule has 0 N–H and O–H groups in total. The average molecular weight is 267 g/mol. The number of hydrogen-bond donors (Lipinski definition) is 0. The Morgan fingerprint density at radius 2 is 1.85 bits per heavy atom. The van der Waals surface area contributed by atoms with Crippen LogP contribution in [-0.2, 0) is 0 Å². The van der Waals surface area contributed by atoms with Gasteiger partial charge in [-0.05, 0) is 44.5 Å². The molecule has 20 heavy (non-hydrogen) atoms. The SMILES string of the molecule is CC[N+](CC)=c1ccc2nc3ccc(C)cc3oc-2c1. The Labute approximate surface area is 118 Å². The summed E-state index contributed by atoms with van der Waals surface area (Å²) in [6.07, 6.45) is 0. The Morgan fingerprint density at radius 3 is 2.60 bits per heavy atom. The maximum absolute atomic E-state index is 6.02. The quantitative estimate of drug-likeness (QED) is 0.527. The number of hydrogen-bond acceptors (Lipinski definition) is 2. The van der Waals surface area contributed by atoms with Gasteiger partial charge in [-0.15, -0.1) is 0 Å². The first kappa shape index (κ1) is 12.9. The van der Waals surface area contributed by atoms with Crippen LogP contribution in [0.3, 0.4) is 0 Å². The zero-order chi connectivity index (χ0) is 14.1. The molecule has 0 aromatic heterocycles. The minimum Gasteiger partial charge on any atom is -0.453 e. The van der Waals surface area contributed by atoms with Crippen LogP contribution in [0.15, 0.2) is 40.8 Å². The standard InChI is InChI=1S/C17H19N2O/c1-4-19(5-2)13-7-9-15-17(11-13)20-16-10-12(3)6-8-14(16)18-15/h6-11H,4-5H2,1-3H3/q+1. The molecule has 0 unspecified atom stereocenters. The maximum Gasteiger partial charge on any atom is 0.203 e. The zero-order valence-corrected chi connectivity index (χ0v) is 12.2. The van der Waals surface area contributed by atoms with Crippen LogP contribution in [-0.4, -0.2) is 18.1 Å². The van der Waals surface area contributed by atoms with E-state index in [-0.39, 0.29) is 0 Å². The molecule has 3 rings (SSSR count). The van der Waals surface area contributed by atoms with Crippen molar-refractivity contribution in [2.75, 3.05) is 13.1 Å².